The average Bonchev–Trinajstić information content (AvgIpc) is 2.45. The highest BCUT2D eigenvalue weighted by molar-refractivity contribution is 4.91. The van der Waals surface area contributed by atoms with Gasteiger partial charge >= 0.3 is 0 Å². The first-order valence-corrected chi connectivity index (χ1v) is 4.33. The molecule has 0 aromatic carbocycles. The lowest BCUT2D eigenvalue weighted by molar-refractivity contribution is 0.373. The second kappa shape index (κ2) is 4.77. The molecular formula is C9H15N3O. The van der Waals surface area contributed by atoms with E-state index in [4.69, 9.17) is 4.52 Å². The molecule has 0 saturated carbocycles. The van der Waals surface area contributed by atoms with E-state index < -0.39 is 0 Å². The zero-order valence-corrected chi connectivity index (χ0v) is 8.13. The Bertz CT molecular complexity index is 280. The molecule has 1 N–H and O–H groups in total. The Morgan fingerprint density at radius 1 is 1.62 bits per heavy atom. The standard InChI is InChI=1S/C9H15N3O/c1-7(2)6-10-5-4-9-11-8(3)12-13-9/h10H,1,4-6H2,2-3H3. The van der Waals surface area contributed by atoms with E-state index in [2.05, 4.69) is 22.0 Å². The Morgan fingerprint density at radius 2 is 2.38 bits per heavy atom. The molecule has 72 valence electrons. The van der Waals surface area contributed by atoms with Crippen molar-refractivity contribution in [3.05, 3.63) is 23.9 Å². The van der Waals surface area contributed by atoms with Crippen LogP contribution >= 0.6 is 0 Å². The zero-order valence-electron chi connectivity index (χ0n) is 8.13. The van der Waals surface area contributed by atoms with Crippen molar-refractivity contribution in [2.24, 2.45) is 0 Å². The number of hydrogen-bond donors (Lipinski definition) is 1. The van der Waals surface area contributed by atoms with Crippen LogP contribution < -0.4 is 5.32 Å². The van der Waals surface area contributed by atoms with E-state index in [0.29, 0.717) is 11.7 Å². The number of nitrogens with zero attached hydrogens (tertiary/aromatic N) is 2. The van der Waals surface area contributed by atoms with Crippen molar-refractivity contribution >= 4 is 0 Å². The molecule has 1 heterocycles. The molecule has 1 aromatic heterocycles. The highest BCUT2D eigenvalue weighted by atomic mass is 16.5. The summed E-state index contributed by atoms with van der Waals surface area (Å²) < 4.78 is 4.95. The first-order chi connectivity index (χ1) is 6.18. The summed E-state index contributed by atoms with van der Waals surface area (Å²) in [5.41, 5.74) is 1.13. The third-order valence-corrected chi connectivity index (χ3v) is 1.51. The summed E-state index contributed by atoms with van der Waals surface area (Å²) in [6, 6.07) is 0. The Hall–Kier alpha value is -1.16. The summed E-state index contributed by atoms with van der Waals surface area (Å²) in [6.45, 7) is 9.28. The van der Waals surface area contributed by atoms with Crippen LogP contribution in [0.2, 0.25) is 0 Å². The number of rotatable bonds is 5. The van der Waals surface area contributed by atoms with Gasteiger partial charge in [-0.15, -0.1) is 0 Å². The fourth-order valence-corrected chi connectivity index (χ4v) is 0.939. The first-order valence-electron chi connectivity index (χ1n) is 4.33. The summed E-state index contributed by atoms with van der Waals surface area (Å²) in [6.07, 6.45) is 0.772. The van der Waals surface area contributed by atoms with Crippen LogP contribution in [-0.4, -0.2) is 23.2 Å². The van der Waals surface area contributed by atoms with Crippen LogP contribution in [0.3, 0.4) is 0 Å². The summed E-state index contributed by atoms with van der Waals surface area (Å²) in [5, 5.41) is 6.91. The Morgan fingerprint density at radius 3 is 2.92 bits per heavy atom. The number of nitrogens with one attached hydrogen (secondary N) is 1. The van der Waals surface area contributed by atoms with Crippen LogP contribution in [-0.2, 0) is 6.42 Å². The molecule has 0 aliphatic carbocycles. The van der Waals surface area contributed by atoms with Crippen LogP contribution in [0.15, 0.2) is 16.7 Å². The Kier molecular flexibility index (Phi) is 3.64. The lowest BCUT2D eigenvalue weighted by Gasteiger charge is -2.00. The molecule has 4 heteroatoms. The number of aromatic nitrogens is 2. The Labute approximate surface area is 78.0 Å². The smallest absolute Gasteiger partial charge is 0.227 e. The lowest BCUT2D eigenvalue weighted by atomic mass is 10.3. The van der Waals surface area contributed by atoms with Crippen molar-refractivity contribution in [3.8, 4) is 0 Å². The van der Waals surface area contributed by atoms with Crippen LogP contribution in [0.4, 0.5) is 0 Å². The maximum absolute atomic E-state index is 4.95. The zero-order chi connectivity index (χ0) is 9.68. The van der Waals surface area contributed by atoms with Crippen molar-refractivity contribution in [2.75, 3.05) is 13.1 Å². The van der Waals surface area contributed by atoms with Crippen molar-refractivity contribution in [3.63, 3.8) is 0 Å². The van der Waals surface area contributed by atoms with Crippen molar-refractivity contribution in [2.45, 2.75) is 20.3 Å². The second-order valence-corrected chi connectivity index (χ2v) is 3.12. The summed E-state index contributed by atoms with van der Waals surface area (Å²) in [4.78, 5) is 4.09. The molecule has 0 spiro atoms. The van der Waals surface area contributed by atoms with Crippen molar-refractivity contribution in [1.29, 1.82) is 0 Å². The summed E-state index contributed by atoms with van der Waals surface area (Å²) in [7, 11) is 0. The predicted molar refractivity (Wildman–Crippen MR) is 50.4 cm³/mol. The molecule has 4 nitrogen and oxygen atoms in total. The van der Waals surface area contributed by atoms with Gasteiger partial charge in [0.1, 0.15) is 0 Å². The molecule has 13 heavy (non-hydrogen) atoms. The fourth-order valence-electron chi connectivity index (χ4n) is 0.939. The van der Waals surface area contributed by atoms with Gasteiger partial charge in [0.15, 0.2) is 5.82 Å². The van der Waals surface area contributed by atoms with E-state index in [-0.39, 0.29) is 0 Å². The molecule has 1 rings (SSSR count). The van der Waals surface area contributed by atoms with Gasteiger partial charge in [-0.05, 0) is 13.8 Å². The van der Waals surface area contributed by atoms with Gasteiger partial charge in [0, 0.05) is 19.5 Å². The van der Waals surface area contributed by atoms with Gasteiger partial charge < -0.3 is 9.84 Å². The fraction of sp³-hybridized carbons (Fsp3) is 0.556. The average molecular weight is 181 g/mol. The monoisotopic (exact) mass is 181 g/mol. The van der Waals surface area contributed by atoms with Crippen LogP contribution in [0.5, 0.6) is 0 Å². The van der Waals surface area contributed by atoms with E-state index >= 15 is 0 Å². The van der Waals surface area contributed by atoms with Gasteiger partial charge in [-0.3, -0.25) is 0 Å². The van der Waals surface area contributed by atoms with Gasteiger partial charge in [-0.2, -0.15) is 4.98 Å². The molecule has 0 aliphatic rings. The highest BCUT2D eigenvalue weighted by Crippen LogP contribution is 1.95. The molecule has 0 aliphatic heterocycles. The minimum Gasteiger partial charge on any atom is -0.339 e. The maximum Gasteiger partial charge on any atom is 0.227 e. The first kappa shape index (κ1) is 9.92. The summed E-state index contributed by atoms with van der Waals surface area (Å²) >= 11 is 0. The van der Waals surface area contributed by atoms with E-state index in [1.165, 1.54) is 0 Å². The van der Waals surface area contributed by atoms with E-state index in [0.717, 1.165) is 25.1 Å². The van der Waals surface area contributed by atoms with Crippen LogP contribution in [0, 0.1) is 6.92 Å². The predicted octanol–water partition coefficient (Wildman–Crippen LogP) is 1.09. The van der Waals surface area contributed by atoms with E-state index in [1.54, 1.807) is 0 Å². The molecule has 0 bridgehead atoms. The molecule has 0 unspecified atom stereocenters. The van der Waals surface area contributed by atoms with Gasteiger partial charge in [0.05, 0.1) is 0 Å². The third-order valence-electron chi connectivity index (χ3n) is 1.51. The molecular weight excluding hydrogens is 166 g/mol. The molecule has 0 atom stereocenters. The van der Waals surface area contributed by atoms with Gasteiger partial charge in [0.25, 0.3) is 0 Å². The number of hydrogen-bond acceptors (Lipinski definition) is 4. The van der Waals surface area contributed by atoms with Gasteiger partial charge in [0.2, 0.25) is 5.89 Å². The van der Waals surface area contributed by atoms with Crippen molar-refractivity contribution in [1.82, 2.24) is 15.5 Å². The Balaban J connectivity index is 2.16. The minimum atomic E-state index is 0.687. The lowest BCUT2D eigenvalue weighted by Crippen LogP contribution is -2.19. The highest BCUT2D eigenvalue weighted by Gasteiger charge is 2.00. The van der Waals surface area contributed by atoms with E-state index in [1.807, 2.05) is 13.8 Å². The van der Waals surface area contributed by atoms with Gasteiger partial charge in [-0.1, -0.05) is 17.3 Å². The summed E-state index contributed by atoms with van der Waals surface area (Å²) in [5.74, 6) is 1.38. The molecule has 0 radical (unpaired) electrons. The third kappa shape index (κ3) is 3.85. The van der Waals surface area contributed by atoms with Crippen LogP contribution in [0.1, 0.15) is 18.6 Å². The topological polar surface area (TPSA) is 51.0 Å². The number of aryl methyl sites for hydroxylation is 1. The van der Waals surface area contributed by atoms with Crippen molar-refractivity contribution < 1.29 is 4.52 Å². The normalized spacial score (nSPS) is 10.3. The quantitative estimate of drug-likeness (QED) is 0.545. The molecule has 0 saturated heterocycles. The largest absolute Gasteiger partial charge is 0.339 e. The molecule has 1 aromatic rings. The minimum absolute atomic E-state index is 0.687. The maximum atomic E-state index is 4.95. The second-order valence-electron chi connectivity index (χ2n) is 3.12. The van der Waals surface area contributed by atoms with Gasteiger partial charge in [-0.25, -0.2) is 0 Å². The molecule has 0 amide bonds. The SMILES string of the molecule is C=C(C)CNCCc1nc(C)no1. The van der Waals surface area contributed by atoms with Crippen LogP contribution in [0.25, 0.3) is 0 Å². The molecule has 0 fully saturated rings. The van der Waals surface area contributed by atoms with E-state index in [9.17, 15) is 0 Å².